The van der Waals surface area contributed by atoms with Gasteiger partial charge in [0.2, 0.25) is 0 Å². The number of aromatic nitrogens is 2. The molecule has 8 heteroatoms. The third kappa shape index (κ3) is 3.85. The van der Waals surface area contributed by atoms with Crippen molar-refractivity contribution in [3.8, 4) is 17.2 Å². The highest BCUT2D eigenvalue weighted by molar-refractivity contribution is 5.93. The molecule has 0 aliphatic heterocycles. The topological polar surface area (TPSA) is 106 Å². The second-order valence-corrected chi connectivity index (χ2v) is 5.08. The SMILES string of the molecule is COc1cccc(-c2nc(C(=O)N(CC(=O)O)C(C)C)no2)c1. The van der Waals surface area contributed by atoms with Crippen LogP contribution in [0.5, 0.6) is 5.75 Å². The molecule has 1 aromatic heterocycles. The highest BCUT2D eigenvalue weighted by Crippen LogP contribution is 2.22. The van der Waals surface area contributed by atoms with Gasteiger partial charge >= 0.3 is 5.97 Å². The zero-order valence-corrected chi connectivity index (χ0v) is 13.0. The van der Waals surface area contributed by atoms with Crippen LogP contribution >= 0.6 is 0 Å². The molecule has 23 heavy (non-hydrogen) atoms. The van der Waals surface area contributed by atoms with E-state index in [9.17, 15) is 9.59 Å². The summed E-state index contributed by atoms with van der Waals surface area (Å²) in [4.78, 5) is 28.4. The Morgan fingerprint density at radius 1 is 1.39 bits per heavy atom. The van der Waals surface area contributed by atoms with Gasteiger partial charge in [0.1, 0.15) is 12.3 Å². The van der Waals surface area contributed by atoms with E-state index in [-0.39, 0.29) is 17.8 Å². The number of nitrogens with zero attached hydrogens (tertiary/aromatic N) is 3. The van der Waals surface area contributed by atoms with Crippen molar-refractivity contribution in [2.75, 3.05) is 13.7 Å². The smallest absolute Gasteiger partial charge is 0.323 e. The predicted molar refractivity (Wildman–Crippen MR) is 80.1 cm³/mol. The lowest BCUT2D eigenvalue weighted by Crippen LogP contribution is -2.41. The summed E-state index contributed by atoms with van der Waals surface area (Å²) >= 11 is 0. The van der Waals surface area contributed by atoms with Crippen LogP contribution in [0.2, 0.25) is 0 Å². The summed E-state index contributed by atoms with van der Waals surface area (Å²) in [6.45, 7) is 2.99. The molecular formula is C15H17N3O5. The van der Waals surface area contributed by atoms with E-state index in [0.29, 0.717) is 11.3 Å². The maximum absolute atomic E-state index is 12.3. The zero-order valence-electron chi connectivity index (χ0n) is 13.0. The number of carboxylic acid groups (broad SMARTS) is 1. The van der Waals surface area contributed by atoms with Crippen molar-refractivity contribution in [2.24, 2.45) is 0 Å². The van der Waals surface area contributed by atoms with Gasteiger partial charge in [0.05, 0.1) is 7.11 Å². The minimum absolute atomic E-state index is 0.159. The Balaban J connectivity index is 2.26. The van der Waals surface area contributed by atoms with Crippen molar-refractivity contribution in [3.05, 3.63) is 30.1 Å². The van der Waals surface area contributed by atoms with E-state index in [0.717, 1.165) is 4.90 Å². The van der Waals surface area contributed by atoms with Crippen LogP contribution in [0, 0.1) is 0 Å². The normalized spacial score (nSPS) is 10.6. The Bertz CT molecular complexity index is 711. The number of aliphatic carboxylic acids is 1. The van der Waals surface area contributed by atoms with Crippen molar-refractivity contribution >= 4 is 11.9 Å². The molecule has 0 spiro atoms. The van der Waals surface area contributed by atoms with Crippen LogP contribution in [0.15, 0.2) is 28.8 Å². The summed E-state index contributed by atoms with van der Waals surface area (Å²) in [5, 5.41) is 12.5. The Morgan fingerprint density at radius 2 is 2.13 bits per heavy atom. The first-order valence-electron chi connectivity index (χ1n) is 6.93. The lowest BCUT2D eigenvalue weighted by atomic mass is 10.2. The molecule has 0 aliphatic carbocycles. The molecule has 2 aromatic rings. The standard InChI is InChI=1S/C15H17N3O5/c1-9(2)18(8-12(19)20)15(21)13-16-14(23-17-13)10-5-4-6-11(7-10)22-3/h4-7,9H,8H2,1-3H3,(H,19,20). The molecule has 8 nitrogen and oxygen atoms in total. The first-order chi connectivity index (χ1) is 10.9. The Hall–Kier alpha value is -2.90. The van der Waals surface area contributed by atoms with Crippen LogP contribution in [0.4, 0.5) is 0 Å². The fourth-order valence-electron chi connectivity index (χ4n) is 1.95. The maximum Gasteiger partial charge on any atom is 0.323 e. The second-order valence-electron chi connectivity index (χ2n) is 5.08. The first-order valence-corrected chi connectivity index (χ1v) is 6.93. The quantitative estimate of drug-likeness (QED) is 0.863. The molecule has 1 heterocycles. The zero-order chi connectivity index (χ0) is 17.0. The van der Waals surface area contributed by atoms with Crippen LogP contribution in [0.3, 0.4) is 0 Å². The summed E-state index contributed by atoms with van der Waals surface area (Å²) in [5.41, 5.74) is 0.602. The highest BCUT2D eigenvalue weighted by atomic mass is 16.5. The molecule has 0 aliphatic rings. The monoisotopic (exact) mass is 319 g/mol. The van der Waals surface area contributed by atoms with Crippen LogP contribution in [0.25, 0.3) is 11.5 Å². The van der Waals surface area contributed by atoms with E-state index in [1.165, 1.54) is 7.11 Å². The van der Waals surface area contributed by atoms with Crippen molar-refractivity contribution < 1.29 is 24.0 Å². The van der Waals surface area contributed by atoms with Gasteiger partial charge in [-0.3, -0.25) is 9.59 Å². The summed E-state index contributed by atoms with van der Waals surface area (Å²) in [5.74, 6) is -1.11. The second kappa shape index (κ2) is 6.91. The fourth-order valence-corrected chi connectivity index (χ4v) is 1.95. The summed E-state index contributed by atoms with van der Waals surface area (Å²) in [6.07, 6.45) is 0. The van der Waals surface area contributed by atoms with E-state index in [4.69, 9.17) is 14.4 Å². The van der Waals surface area contributed by atoms with Gasteiger partial charge in [0.25, 0.3) is 17.6 Å². The minimum atomic E-state index is -1.11. The van der Waals surface area contributed by atoms with E-state index in [1.54, 1.807) is 38.1 Å². The average Bonchev–Trinajstić information content (AvgIpc) is 3.01. The first kappa shape index (κ1) is 16.5. The number of rotatable bonds is 6. The van der Waals surface area contributed by atoms with Gasteiger partial charge < -0.3 is 19.3 Å². The number of benzene rings is 1. The van der Waals surface area contributed by atoms with Gasteiger partial charge in [-0.05, 0) is 32.0 Å². The number of carbonyl (C=O) groups is 2. The van der Waals surface area contributed by atoms with E-state index >= 15 is 0 Å². The Labute approximate surface area is 132 Å². The molecule has 0 atom stereocenters. The molecule has 0 radical (unpaired) electrons. The Morgan fingerprint density at radius 3 is 2.74 bits per heavy atom. The van der Waals surface area contributed by atoms with Crippen molar-refractivity contribution in [3.63, 3.8) is 0 Å². The predicted octanol–water partition coefficient (Wildman–Crippen LogP) is 1.68. The van der Waals surface area contributed by atoms with Gasteiger partial charge in [0.15, 0.2) is 0 Å². The van der Waals surface area contributed by atoms with Crippen LogP contribution in [-0.4, -0.2) is 51.7 Å². The number of ether oxygens (including phenoxy) is 1. The number of hydrogen-bond donors (Lipinski definition) is 1. The van der Waals surface area contributed by atoms with Gasteiger partial charge in [-0.25, -0.2) is 0 Å². The molecule has 0 saturated heterocycles. The molecular weight excluding hydrogens is 302 g/mol. The van der Waals surface area contributed by atoms with Crippen molar-refractivity contribution in [1.29, 1.82) is 0 Å². The molecule has 2 rings (SSSR count). The van der Waals surface area contributed by atoms with E-state index in [1.807, 2.05) is 0 Å². The number of methoxy groups -OCH3 is 1. The van der Waals surface area contributed by atoms with E-state index < -0.39 is 18.4 Å². The molecule has 0 bridgehead atoms. The molecule has 122 valence electrons. The van der Waals surface area contributed by atoms with Crippen molar-refractivity contribution in [2.45, 2.75) is 19.9 Å². The summed E-state index contributed by atoms with van der Waals surface area (Å²) < 4.78 is 10.2. The van der Waals surface area contributed by atoms with Gasteiger partial charge in [-0.15, -0.1) is 0 Å². The number of carbonyl (C=O) groups excluding carboxylic acids is 1. The largest absolute Gasteiger partial charge is 0.497 e. The summed E-state index contributed by atoms with van der Waals surface area (Å²) in [7, 11) is 1.54. The molecule has 1 aromatic carbocycles. The number of hydrogen-bond acceptors (Lipinski definition) is 6. The van der Waals surface area contributed by atoms with Gasteiger partial charge in [-0.2, -0.15) is 4.98 Å². The Kier molecular flexibility index (Phi) is 4.95. The minimum Gasteiger partial charge on any atom is -0.497 e. The van der Waals surface area contributed by atoms with E-state index in [2.05, 4.69) is 10.1 Å². The molecule has 1 amide bonds. The highest BCUT2D eigenvalue weighted by Gasteiger charge is 2.26. The number of carboxylic acids is 1. The lowest BCUT2D eigenvalue weighted by Gasteiger charge is -2.22. The maximum atomic E-state index is 12.3. The van der Waals surface area contributed by atoms with Gasteiger partial charge in [0, 0.05) is 11.6 Å². The third-order valence-electron chi connectivity index (χ3n) is 3.12. The fraction of sp³-hybridized carbons (Fsp3) is 0.333. The van der Waals surface area contributed by atoms with Crippen LogP contribution in [0.1, 0.15) is 24.5 Å². The average molecular weight is 319 g/mol. The van der Waals surface area contributed by atoms with Crippen molar-refractivity contribution in [1.82, 2.24) is 15.0 Å². The molecule has 1 N–H and O–H groups in total. The van der Waals surface area contributed by atoms with Gasteiger partial charge in [-0.1, -0.05) is 11.2 Å². The lowest BCUT2D eigenvalue weighted by molar-refractivity contribution is -0.138. The number of amides is 1. The molecule has 0 unspecified atom stereocenters. The molecule has 0 saturated carbocycles. The van der Waals surface area contributed by atoms with Crippen LogP contribution < -0.4 is 4.74 Å². The summed E-state index contributed by atoms with van der Waals surface area (Å²) in [6, 6.07) is 6.64. The molecule has 0 fully saturated rings. The third-order valence-corrected chi connectivity index (χ3v) is 3.12. The van der Waals surface area contributed by atoms with Crippen LogP contribution in [-0.2, 0) is 4.79 Å².